The Hall–Kier alpha value is -2.44. The monoisotopic (exact) mass is 389 g/mol. The van der Waals surface area contributed by atoms with Crippen LogP contribution in [0.5, 0.6) is 5.75 Å². The maximum Gasteiger partial charge on any atom is 0.412 e. The van der Waals surface area contributed by atoms with Crippen molar-refractivity contribution in [1.82, 2.24) is 4.90 Å². The van der Waals surface area contributed by atoms with Crippen molar-refractivity contribution in [2.24, 2.45) is 0 Å². The molecule has 27 heavy (non-hydrogen) atoms. The Morgan fingerprint density at radius 1 is 1.30 bits per heavy atom. The van der Waals surface area contributed by atoms with Crippen molar-refractivity contribution in [2.45, 2.75) is 25.4 Å². The molecule has 0 spiro atoms. The Balaban J connectivity index is 1.74. The van der Waals surface area contributed by atoms with Crippen LogP contribution in [0, 0.1) is 0 Å². The summed E-state index contributed by atoms with van der Waals surface area (Å²) in [7, 11) is 1.49. The lowest BCUT2D eigenvalue weighted by atomic mass is 10.0. The second kappa shape index (κ2) is 8.50. The molecule has 1 fully saturated rings. The molecular weight excluding hydrogens is 366 g/mol. The summed E-state index contributed by atoms with van der Waals surface area (Å²) >= 11 is 6.14. The number of nitrogens with zero attached hydrogens (tertiary/aromatic N) is 2. The Bertz CT molecular complexity index is 793. The second-order valence-corrected chi connectivity index (χ2v) is 7.10. The van der Waals surface area contributed by atoms with Gasteiger partial charge in [-0.1, -0.05) is 41.9 Å². The number of carboxylic acid groups (broad SMARTS) is 1. The van der Waals surface area contributed by atoms with Gasteiger partial charge in [0.1, 0.15) is 5.75 Å². The van der Waals surface area contributed by atoms with Crippen LogP contribution < -0.4 is 15.4 Å². The van der Waals surface area contributed by atoms with Crippen molar-refractivity contribution < 1.29 is 14.6 Å². The normalized spacial score (nSPS) is 15.5. The van der Waals surface area contributed by atoms with Crippen LogP contribution in [0.3, 0.4) is 0 Å². The van der Waals surface area contributed by atoms with E-state index >= 15 is 0 Å². The molecule has 144 valence electrons. The average Bonchev–Trinajstić information content (AvgIpc) is 2.66. The number of piperidine rings is 1. The summed E-state index contributed by atoms with van der Waals surface area (Å²) in [6.07, 6.45) is 0.463. The molecule has 0 aliphatic carbocycles. The largest absolute Gasteiger partial charge is 0.494 e. The number of benzene rings is 2. The van der Waals surface area contributed by atoms with E-state index in [0.29, 0.717) is 22.1 Å². The highest BCUT2D eigenvalue weighted by Crippen LogP contribution is 2.38. The average molecular weight is 390 g/mol. The fourth-order valence-electron chi connectivity index (χ4n) is 3.54. The van der Waals surface area contributed by atoms with Crippen molar-refractivity contribution >= 4 is 29.1 Å². The molecule has 1 heterocycles. The van der Waals surface area contributed by atoms with Crippen LogP contribution in [0.25, 0.3) is 0 Å². The van der Waals surface area contributed by atoms with Gasteiger partial charge in [0, 0.05) is 31.7 Å². The van der Waals surface area contributed by atoms with Crippen molar-refractivity contribution in [3.05, 3.63) is 53.1 Å². The molecule has 0 radical (unpaired) electrons. The van der Waals surface area contributed by atoms with Gasteiger partial charge in [-0.25, -0.2) is 4.79 Å². The minimum atomic E-state index is -1.02. The van der Waals surface area contributed by atoms with Crippen LogP contribution in [0.15, 0.2) is 42.5 Å². The second-order valence-electron chi connectivity index (χ2n) is 6.69. The molecule has 1 aliphatic heterocycles. The first kappa shape index (κ1) is 19.3. The van der Waals surface area contributed by atoms with Gasteiger partial charge < -0.3 is 15.6 Å². The zero-order valence-electron chi connectivity index (χ0n) is 15.3. The lowest BCUT2D eigenvalue weighted by Crippen LogP contribution is -2.47. The number of hydrogen-bond acceptors (Lipinski definition) is 4. The lowest BCUT2D eigenvalue weighted by Gasteiger charge is -2.37. The van der Waals surface area contributed by atoms with Gasteiger partial charge in [-0.2, -0.15) is 0 Å². The Kier molecular flexibility index (Phi) is 6.08. The van der Waals surface area contributed by atoms with Crippen molar-refractivity contribution in [3.63, 3.8) is 0 Å². The van der Waals surface area contributed by atoms with Gasteiger partial charge in [0.05, 0.1) is 23.5 Å². The molecule has 0 atom stereocenters. The highest BCUT2D eigenvalue weighted by Gasteiger charge is 2.31. The molecule has 0 bridgehead atoms. The predicted octanol–water partition coefficient (Wildman–Crippen LogP) is 4.08. The van der Waals surface area contributed by atoms with Gasteiger partial charge in [-0.3, -0.25) is 9.80 Å². The van der Waals surface area contributed by atoms with E-state index in [0.717, 1.165) is 32.5 Å². The molecule has 7 heteroatoms. The number of nitrogens with two attached hydrogens (primary N) is 1. The topological polar surface area (TPSA) is 79.0 Å². The minimum Gasteiger partial charge on any atom is -0.494 e. The van der Waals surface area contributed by atoms with Crippen molar-refractivity contribution in [3.8, 4) is 5.75 Å². The predicted molar refractivity (Wildman–Crippen MR) is 108 cm³/mol. The van der Waals surface area contributed by atoms with Gasteiger partial charge >= 0.3 is 6.09 Å². The van der Waals surface area contributed by atoms with E-state index < -0.39 is 6.09 Å². The quantitative estimate of drug-likeness (QED) is 0.753. The summed E-state index contributed by atoms with van der Waals surface area (Å²) in [6, 6.07) is 13.3. The smallest absolute Gasteiger partial charge is 0.412 e. The van der Waals surface area contributed by atoms with Gasteiger partial charge in [-0.15, -0.1) is 0 Å². The van der Waals surface area contributed by atoms with Crippen LogP contribution in [0.4, 0.5) is 16.2 Å². The molecule has 1 saturated heterocycles. The van der Waals surface area contributed by atoms with E-state index in [4.69, 9.17) is 22.1 Å². The third-order valence-corrected chi connectivity index (χ3v) is 5.26. The molecule has 1 amide bonds. The molecular formula is C20H24ClN3O3. The molecule has 3 N–H and O–H groups in total. The molecule has 0 aromatic heterocycles. The number of ether oxygens (including phenoxy) is 1. The van der Waals surface area contributed by atoms with Crippen LogP contribution >= 0.6 is 11.6 Å². The van der Waals surface area contributed by atoms with E-state index in [1.807, 2.05) is 18.2 Å². The van der Waals surface area contributed by atoms with Gasteiger partial charge in [0.25, 0.3) is 0 Å². The Labute approximate surface area is 164 Å². The van der Waals surface area contributed by atoms with Crippen LogP contribution in [-0.4, -0.2) is 42.3 Å². The van der Waals surface area contributed by atoms with Gasteiger partial charge in [0.2, 0.25) is 0 Å². The first-order chi connectivity index (χ1) is 13.0. The molecule has 2 aromatic carbocycles. The number of halogens is 1. The van der Waals surface area contributed by atoms with Crippen LogP contribution in [0.2, 0.25) is 5.02 Å². The first-order valence-corrected chi connectivity index (χ1v) is 9.29. The SMILES string of the molecule is COc1cc(N)c(Cl)cc1N(C(=O)O)C1CCN(Cc2ccccc2)CC1. The summed E-state index contributed by atoms with van der Waals surface area (Å²) < 4.78 is 5.35. The first-order valence-electron chi connectivity index (χ1n) is 8.91. The van der Waals surface area contributed by atoms with Gasteiger partial charge in [-0.05, 0) is 24.5 Å². The fraction of sp³-hybridized carbons (Fsp3) is 0.350. The fourth-order valence-corrected chi connectivity index (χ4v) is 3.70. The summed E-state index contributed by atoms with van der Waals surface area (Å²) in [6.45, 7) is 2.53. The zero-order chi connectivity index (χ0) is 19.4. The lowest BCUT2D eigenvalue weighted by molar-refractivity contribution is 0.178. The van der Waals surface area contributed by atoms with E-state index in [1.165, 1.54) is 17.6 Å². The van der Waals surface area contributed by atoms with Crippen molar-refractivity contribution in [1.29, 1.82) is 0 Å². The summed E-state index contributed by atoms with van der Waals surface area (Å²) in [5.74, 6) is 0.408. The Morgan fingerprint density at radius 2 is 1.96 bits per heavy atom. The molecule has 6 nitrogen and oxygen atoms in total. The van der Waals surface area contributed by atoms with Crippen LogP contribution in [-0.2, 0) is 6.54 Å². The molecule has 3 rings (SSSR count). The van der Waals surface area contributed by atoms with E-state index in [-0.39, 0.29) is 6.04 Å². The standard InChI is InChI=1S/C20H24ClN3O3/c1-27-19-12-17(22)16(21)11-18(19)24(20(25)26)15-7-9-23(10-8-15)13-14-5-3-2-4-6-14/h2-6,11-12,15H,7-10,13,22H2,1H3,(H,25,26). The third kappa shape index (κ3) is 4.46. The number of anilines is 2. The number of nitrogen functional groups attached to an aromatic ring is 1. The number of methoxy groups -OCH3 is 1. The van der Waals surface area contributed by atoms with E-state index in [1.54, 1.807) is 12.1 Å². The maximum atomic E-state index is 12.0. The zero-order valence-corrected chi connectivity index (χ0v) is 16.0. The molecule has 0 unspecified atom stereocenters. The summed E-state index contributed by atoms with van der Waals surface area (Å²) in [5.41, 5.74) is 7.89. The van der Waals surface area contributed by atoms with Crippen molar-refractivity contribution in [2.75, 3.05) is 30.8 Å². The Morgan fingerprint density at radius 3 is 2.56 bits per heavy atom. The van der Waals surface area contributed by atoms with Gasteiger partial charge in [0.15, 0.2) is 0 Å². The number of amides is 1. The van der Waals surface area contributed by atoms with E-state index in [9.17, 15) is 9.90 Å². The summed E-state index contributed by atoms with van der Waals surface area (Å²) in [4.78, 5) is 15.7. The molecule has 0 saturated carbocycles. The minimum absolute atomic E-state index is 0.136. The number of rotatable bonds is 5. The maximum absolute atomic E-state index is 12.0. The van der Waals surface area contributed by atoms with E-state index in [2.05, 4.69) is 17.0 Å². The number of likely N-dealkylation sites (tertiary alicyclic amines) is 1. The highest BCUT2D eigenvalue weighted by atomic mass is 35.5. The number of carbonyl (C=O) groups is 1. The molecule has 2 aromatic rings. The summed E-state index contributed by atoms with van der Waals surface area (Å²) in [5, 5.41) is 10.2. The highest BCUT2D eigenvalue weighted by molar-refractivity contribution is 6.33. The third-order valence-electron chi connectivity index (χ3n) is 4.94. The van der Waals surface area contributed by atoms with Crippen LogP contribution in [0.1, 0.15) is 18.4 Å². The molecule has 1 aliphatic rings. The number of hydrogen-bond donors (Lipinski definition) is 2.